The molecule has 3 aromatic rings. The SMILES string of the molecule is C=CC(=O)OC1CCC(Oc2ccc3cc(-c4ccccc4CC)c(=O)oc3c2)C1(C)C. The zero-order chi connectivity index (χ0) is 22.9. The fraction of sp³-hybridized carbons (Fsp3) is 0.333. The van der Waals surface area contributed by atoms with Gasteiger partial charge in [-0.05, 0) is 48.6 Å². The van der Waals surface area contributed by atoms with Crippen LogP contribution >= 0.6 is 0 Å². The maximum absolute atomic E-state index is 12.8. The molecule has 0 N–H and O–H groups in total. The smallest absolute Gasteiger partial charge is 0.344 e. The Balaban J connectivity index is 1.60. The Morgan fingerprint density at radius 3 is 2.62 bits per heavy atom. The van der Waals surface area contributed by atoms with E-state index in [0.29, 0.717) is 16.9 Å². The van der Waals surface area contributed by atoms with E-state index in [0.717, 1.165) is 35.8 Å². The lowest BCUT2D eigenvalue weighted by Gasteiger charge is -2.32. The molecule has 0 radical (unpaired) electrons. The van der Waals surface area contributed by atoms with Gasteiger partial charge in [-0.2, -0.15) is 0 Å². The molecule has 1 aliphatic rings. The van der Waals surface area contributed by atoms with Gasteiger partial charge < -0.3 is 13.9 Å². The van der Waals surface area contributed by atoms with Gasteiger partial charge in [0.2, 0.25) is 0 Å². The highest BCUT2D eigenvalue weighted by atomic mass is 16.5. The standard InChI is InChI=1S/C27H28O5/c1-5-17-9-7-8-10-20(17)21-15-18-11-12-19(16-22(18)31-26(21)29)30-23-13-14-24(27(23,3)4)32-25(28)6-2/h6-12,15-16,23-24H,2,5,13-14H2,1,3-4H3. The van der Waals surface area contributed by atoms with Crippen LogP contribution < -0.4 is 10.4 Å². The monoisotopic (exact) mass is 432 g/mol. The highest BCUT2D eigenvalue weighted by Gasteiger charge is 2.47. The number of rotatable bonds is 6. The maximum atomic E-state index is 12.8. The molecule has 166 valence electrons. The molecule has 2 unspecified atom stereocenters. The minimum absolute atomic E-state index is 0.134. The highest BCUT2D eigenvalue weighted by molar-refractivity contribution is 5.83. The van der Waals surface area contributed by atoms with E-state index in [2.05, 4.69) is 13.5 Å². The van der Waals surface area contributed by atoms with E-state index in [1.165, 1.54) is 6.08 Å². The van der Waals surface area contributed by atoms with Crippen LogP contribution in [0.5, 0.6) is 5.75 Å². The number of carbonyl (C=O) groups excluding carboxylic acids is 1. The summed E-state index contributed by atoms with van der Waals surface area (Å²) in [4.78, 5) is 24.4. The molecule has 1 heterocycles. The van der Waals surface area contributed by atoms with Crippen LogP contribution in [-0.2, 0) is 16.0 Å². The molecule has 1 saturated carbocycles. The summed E-state index contributed by atoms with van der Waals surface area (Å²) in [5.74, 6) is 0.202. The van der Waals surface area contributed by atoms with Crippen LogP contribution in [0.15, 0.2) is 70.4 Å². The molecule has 32 heavy (non-hydrogen) atoms. The van der Waals surface area contributed by atoms with E-state index in [1.807, 2.05) is 56.3 Å². The van der Waals surface area contributed by atoms with E-state index in [1.54, 1.807) is 6.07 Å². The van der Waals surface area contributed by atoms with Gasteiger partial charge in [0, 0.05) is 22.9 Å². The normalized spacial score (nSPS) is 19.6. The highest BCUT2D eigenvalue weighted by Crippen LogP contribution is 2.42. The molecule has 0 saturated heterocycles. The molecule has 0 bridgehead atoms. The fourth-order valence-electron chi connectivity index (χ4n) is 4.47. The third kappa shape index (κ3) is 4.07. The van der Waals surface area contributed by atoms with E-state index in [4.69, 9.17) is 13.9 Å². The maximum Gasteiger partial charge on any atom is 0.344 e. The average molecular weight is 433 g/mol. The lowest BCUT2D eigenvalue weighted by molar-refractivity contribution is -0.148. The van der Waals surface area contributed by atoms with Crippen LogP contribution in [0.2, 0.25) is 0 Å². The van der Waals surface area contributed by atoms with Crippen molar-refractivity contribution in [1.29, 1.82) is 0 Å². The third-order valence-corrected chi connectivity index (χ3v) is 6.45. The zero-order valence-electron chi connectivity index (χ0n) is 18.7. The minimum Gasteiger partial charge on any atom is -0.490 e. The Bertz CT molecular complexity index is 1220. The van der Waals surface area contributed by atoms with Crippen molar-refractivity contribution in [2.24, 2.45) is 5.41 Å². The van der Waals surface area contributed by atoms with E-state index in [9.17, 15) is 9.59 Å². The molecule has 0 aliphatic heterocycles. The first-order valence-electron chi connectivity index (χ1n) is 11.0. The average Bonchev–Trinajstić information content (AvgIpc) is 3.06. The predicted molar refractivity (Wildman–Crippen MR) is 125 cm³/mol. The molecule has 5 nitrogen and oxygen atoms in total. The Kier molecular flexibility index (Phi) is 5.92. The molecule has 2 atom stereocenters. The van der Waals surface area contributed by atoms with Crippen molar-refractivity contribution >= 4 is 16.9 Å². The van der Waals surface area contributed by atoms with Crippen LogP contribution in [0.25, 0.3) is 22.1 Å². The second-order valence-corrected chi connectivity index (χ2v) is 8.79. The van der Waals surface area contributed by atoms with E-state index < -0.39 is 5.97 Å². The fourth-order valence-corrected chi connectivity index (χ4v) is 4.47. The second-order valence-electron chi connectivity index (χ2n) is 8.79. The van der Waals surface area contributed by atoms with Crippen molar-refractivity contribution in [3.63, 3.8) is 0 Å². The molecule has 4 rings (SSSR count). The lowest BCUT2D eigenvalue weighted by atomic mass is 9.87. The summed E-state index contributed by atoms with van der Waals surface area (Å²) in [6, 6.07) is 15.3. The molecule has 1 aliphatic carbocycles. The number of benzene rings is 2. The van der Waals surface area contributed by atoms with E-state index in [-0.39, 0.29) is 23.2 Å². The summed E-state index contributed by atoms with van der Waals surface area (Å²) in [6.07, 6.45) is 3.13. The molecule has 5 heteroatoms. The van der Waals surface area contributed by atoms with Gasteiger partial charge in [-0.15, -0.1) is 0 Å². The topological polar surface area (TPSA) is 65.7 Å². The van der Waals surface area contributed by atoms with Crippen LogP contribution in [-0.4, -0.2) is 18.2 Å². The summed E-state index contributed by atoms with van der Waals surface area (Å²) >= 11 is 0. The zero-order valence-corrected chi connectivity index (χ0v) is 18.7. The molecule has 0 amide bonds. The quantitative estimate of drug-likeness (QED) is 0.284. The Morgan fingerprint density at radius 2 is 1.88 bits per heavy atom. The molecular weight excluding hydrogens is 404 g/mol. The van der Waals surface area contributed by atoms with Gasteiger partial charge in [-0.1, -0.05) is 51.6 Å². The first-order valence-corrected chi connectivity index (χ1v) is 11.0. The summed E-state index contributed by atoms with van der Waals surface area (Å²) in [7, 11) is 0. The molecule has 0 spiro atoms. The van der Waals surface area contributed by atoms with Gasteiger partial charge in [0.1, 0.15) is 23.5 Å². The van der Waals surface area contributed by atoms with Crippen LogP contribution in [0, 0.1) is 5.41 Å². The number of hydrogen-bond donors (Lipinski definition) is 0. The van der Waals surface area contributed by atoms with Crippen molar-refractivity contribution in [2.75, 3.05) is 0 Å². The van der Waals surface area contributed by atoms with Crippen molar-refractivity contribution in [2.45, 2.75) is 52.2 Å². The summed E-state index contributed by atoms with van der Waals surface area (Å²) in [6.45, 7) is 9.60. The number of hydrogen-bond acceptors (Lipinski definition) is 5. The van der Waals surface area contributed by atoms with Crippen LogP contribution in [0.1, 0.15) is 39.2 Å². The summed E-state index contributed by atoms with van der Waals surface area (Å²) < 4.78 is 17.4. The number of carbonyl (C=O) groups is 1. The van der Waals surface area contributed by atoms with Crippen molar-refractivity contribution in [3.8, 4) is 16.9 Å². The molecule has 2 aromatic carbocycles. The first kappa shape index (κ1) is 21.9. The van der Waals surface area contributed by atoms with E-state index >= 15 is 0 Å². The van der Waals surface area contributed by atoms with Gasteiger partial charge in [0.25, 0.3) is 0 Å². The predicted octanol–water partition coefficient (Wildman–Crippen LogP) is 5.69. The van der Waals surface area contributed by atoms with Crippen LogP contribution in [0.3, 0.4) is 0 Å². The minimum atomic E-state index is -0.420. The molecular formula is C27H28O5. The first-order chi connectivity index (χ1) is 15.3. The number of ether oxygens (including phenoxy) is 2. The van der Waals surface area contributed by atoms with Crippen molar-refractivity contribution in [1.82, 2.24) is 0 Å². The Labute approximate surface area is 187 Å². The van der Waals surface area contributed by atoms with Crippen LogP contribution in [0.4, 0.5) is 0 Å². The number of fused-ring (bicyclic) bond motifs is 1. The van der Waals surface area contributed by atoms with Gasteiger partial charge in [0.05, 0.1) is 5.56 Å². The third-order valence-electron chi connectivity index (χ3n) is 6.45. The number of aryl methyl sites for hydroxylation is 1. The van der Waals surface area contributed by atoms with Crippen molar-refractivity contribution < 1.29 is 18.7 Å². The Hall–Kier alpha value is -3.34. The second kappa shape index (κ2) is 8.65. The Morgan fingerprint density at radius 1 is 1.12 bits per heavy atom. The largest absolute Gasteiger partial charge is 0.490 e. The van der Waals surface area contributed by atoms with Gasteiger partial charge >= 0.3 is 11.6 Å². The molecule has 1 aromatic heterocycles. The van der Waals surface area contributed by atoms with Gasteiger partial charge in [-0.3, -0.25) is 0 Å². The summed E-state index contributed by atoms with van der Waals surface area (Å²) in [5.41, 5.74) is 2.33. The summed E-state index contributed by atoms with van der Waals surface area (Å²) in [5, 5.41) is 0.835. The van der Waals surface area contributed by atoms with Gasteiger partial charge in [-0.25, -0.2) is 9.59 Å². The number of esters is 1. The molecule has 1 fully saturated rings. The van der Waals surface area contributed by atoms with Gasteiger partial charge in [0.15, 0.2) is 0 Å². The van der Waals surface area contributed by atoms with Crippen molar-refractivity contribution in [3.05, 3.63) is 77.2 Å². The lowest BCUT2D eigenvalue weighted by Crippen LogP contribution is -2.38.